The van der Waals surface area contributed by atoms with E-state index in [2.05, 4.69) is 48.7 Å². The van der Waals surface area contributed by atoms with Crippen molar-refractivity contribution in [3.8, 4) is 0 Å². The first kappa shape index (κ1) is 11.5. The molecule has 86 valence electrons. The summed E-state index contributed by atoms with van der Waals surface area (Å²) in [5.41, 5.74) is 3.01. The summed E-state index contributed by atoms with van der Waals surface area (Å²) in [4.78, 5) is 6.32. The van der Waals surface area contributed by atoms with Crippen molar-refractivity contribution in [2.45, 2.75) is 12.5 Å². The van der Waals surface area contributed by atoms with E-state index in [4.69, 9.17) is 4.42 Å². The molecule has 0 amide bonds. The van der Waals surface area contributed by atoms with Crippen LogP contribution in [0.2, 0.25) is 0 Å². The van der Waals surface area contributed by atoms with Crippen LogP contribution < -0.4 is 0 Å². The van der Waals surface area contributed by atoms with E-state index in [1.807, 2.05) is 6.07 Å². The molecule has 3 nitrogen and oxygen atoms in total. The summed E-state index contributed by atoms with van der Waals surface area (Å²) in [5.74, 6) is 0.872. The van der Waals surface area contributed by atoms with E-state index in [1.54, 1.807) is 0 Å². The number of thiol groups is 1. The zero-order valence-electron chi connectivity index (χ0n) is 9.55. The van der Waals surface area contributed by atoms with Gasteiger partial charge in [0.2, 0.25) is 0 Å². The molecule has 1 atom stereocenters. The summed E-state index contributed by atoms with van der Waals surface area (Å²) in [6, 6.07) is 6.56. The van der Waals surface area contributed by atoms with E-state index in [0.29, 0.717) is 6.04 Å². The van der Waals surface area contributed by atoms with E-state index >= 15 is 0 Å². The monoisotopic (exact) mass is 236 g/mol. The first-order valence-electron chi connectivity index (χ1n) is 5.33. The average molecular weight is 236 g/mol. The quantitative estimate of drug-likeness (QED) is 0.828. The van der Waals surface area contributed by atoms with Crippen LogP contribution in [0.3, 0.4) is 0 Å². The minimum absolute atomic E-state index is 0.381. The van der Waals surface area contributed by atoms with E-state index in [1.165, 1.54) is 12.0 Å². The lowest BCUT2D eigenvalue weighted by Gasteiger charge is -2.23. The predicted octanol–water partition coefficient (Wildman–Crippen LogP) is 2.75. The van der Waals surface area contributed by atoms with Gasteiger partial charge in [0, 0.05) is 6.04 Å². The number of oxazole rings is 1. The maximum Gasteiger partial charge on any atom is 0.181 e. The summed E-state index contributed by atoms with van der Waals surface area (Å²) in [6.07, 6.45) is 2.51. The van der Waals surface area contributed by atoms with Crippen molar-refractivity contribution in [3.05, 3.63) is 30.2 Å². The molecule has 0 bridgehead atoms. The Morgan fingerprint density at radius 1 is 1.44 bits per heavy atom. The summed E-state index contributed by atoms with van der Waals surface area (Å²) in [7, 11) is 4.16. The zero-order chi connectivity index (χ0) is 11.5. The molecule has 1 unspecified atom stereocenters. The topological polar surface area (TPSA) is 29.3 Å². The normalized spacial score (nSPS) is 13.5. The molecule has 0 aliphatic heterocycles. The molecular weight excluding hydrogens is 220 g/mol. The highest BCUT2D eigenvalue weighted by Crippen LogP contribution is 2.25. The molecule has 0 aliphatic carbocycles. The van der Waals surface area contributed by atoms with Crippen molar-refractivity contribution in [1.82, 2.24) is 9.88 Å². The van der Waals surface area contributed by atoms with Crippen LogP contribution in [-0.4, -0.2) is 29.7 Å². The Bertz CT molecular complexity index is 467. The average Bonchev–Trinajstić information content (AvgIpc) is 2.72. The Kier molecular flexibility index (Phi) is 3.51. The lowest BCUT2D eigenvalue weighted by atomic mass is 10.0. The van der Waals surface area contributed by atoms with Crippen LogP contribution in [0.25, 0.3) is 11.1 Å². The molecule has 0 N–H and O–H groups in total. The van der Waals surface area contributed by atoms with Gasteiger partial charge in [-0.2, -0.15) is 12.6 Å². The fourth-order valence-corrected chi connectivity index (χ4v) is 2.17. The van der Waals surface area contributed by atoms with Gasteiger partial charge in [0.1, 0.15) is 5.52 Å². The van der Waals surface area contributed by atoms with Crippen molar-refractivity contribution in [2.24, 2.45) is 0 Å². The predicted molar refractivity (Wildman–Crippen MR) is 68.9 cm³/mol. The van der Waals surface area contributed by atoms with E-state index < -0.39 is 0 Å². The molecule has 0 saturated heterocycles. The Labute approximate surface area is 101 Å². The van der Waals surface area contributed by atoms with Gasteiger partial charge in [-0.15, -0.1) is 0 Å². The number of hydrogen-bond acceptors (Lipinski definition) is 4. The Hall–Kier alpha value is -1.00. The maximum absolute atomic E-state index is 5.32. The molecule has 1 heterocycles. The SMILES string of the molecule is CN(C)C(CCS)c1ccc2ncoc2c1. The fourth-order valence-electron chi connectivity index (χ4n) is 1.92. The molecule has 0 saturated carbocycles. The largest absolute Gasteiger partial charge is 0.443 e. The number of benzene rings is 1. The molecule has 1 aromatic carbocycles. The second-order valence-corrected chi connectivity index (χ2v) is 4.52. The standard InChI is InChI=1S/C12H16N2OS/c1-14(2)11(5-6-16)9-3-4-10-12(7-9)15-8-13-10/h3-4,7-8,11,16H,5-6H2,1-2H3. The Morgan fingerprint density at radius 3 is 2.94 bits per heavy atom. The highest BCUT2D eigenvalue weighted by atomic mass is 32.1. The molecule has 2 aromatic rings. The van der Waals surface area contributed by atoms with Gasteiger partial charge in [-0.05, 0) is 44.0 Å². The van der Waals surface area contributed by atoms with Gasteiger partial charge in [0.25, 0.3) is 0 Å². The maximum atomic E-state index is 5.32. The number of fused-ring (bicyclic) bond motifs is 1. The lowest BCUT2D eigenvalue weighted by Crippen LogP contribution is -2.20. The minimum Gasteiger partial charge on any atom is -0.443 e. The van der Waals surface area contributed by atoms with Crippen LogP contribution in [0.1, 0.15) is 18.0 Å². The van der Waals surface area contributed by atoms with Crippen LogP contribution in [0.5, 0.6) is 0 Å². The Balaban J connectivity index is 2.35. The van der Waals surface area contributed by atoms with Gasteiger partial charge >= 0.3 is 0 Å². The highest BCUT2D eigenvalue weighted by molar-refractivity contribution is 7.80. The molecule has 0 fully saturated rings. The lowest BCUT2D eigenvalue weighted by molar-refractivity contribution is 0.293. The van der Waals surface area contributed by atoms with E-state index in [0.717, 1.165) is 23.3 Å². The second kappa shape index (κ2) is 4.89. The van der Waals surface area contributed by atoms with Crippen molar-refractivity contribution in [3.63, 3.8) is 0 Å². The minimum atomic E-state index is 0.381. The summed E-state index contributed by atoms with van der Waals surface area (Å²) < 4.78 is 5.32. The van der Waals surface area contributed by atoms with Crippen LogP contribution in [0.15, 0.2) is 29.0 Å². The third kappa shape index (κ3) is 2.23. The van der Waals surface area contributed by atoms with E-state index in [9.17, 15) is 0 Å². The third-order valence-corrected chi connectivity index (χ3v) is 3.02. The molecule has 1 aromatic heterocycles. The number of hydrogen-bond donors (Lipinski definition) is 1. The van der Waals surface area contributed by atoms with Crippen LogP contribution in [0.4, 0.5) is 0 Å². The van der Waals surface area contributed by atoms with Gasteiger partial charge < -0.3 is 9.32 Å². The number of nitrogens with zero attached hydrogens (tertiary/aromatic N) is 2. The molecule has 0 radical (unpaired) electrons. The molecule has 4 heteroatoms. The molecule has 0 spiro atoms. The Morgan fingerprint density at radius 2 is 2.25 bits per heavy atom. The van der Waals surface area contributed by atoms with Crippen LogP contribution in [-0.2, 0) is 0 Å². The van der Waals surface area contributed by atoms with Crippen molar-refractivity contribution in [1.29, 1.82) is 0 Å². The second-order valence-electron chi connectivity index (χ2n) is 4.07. The van der Waals surface area contributed by atoms with E-state index in [-0.39, 0.29) is 0 Å². The fraction of sp³-hybridized carbons (Fsp3) is 0.417. The summed E-state index contributed by atoms with van der Waals surface area (Å²) >= 11 is 4.30. The molecular formula is C12H16N2OS. The molecule has 0 aliphatic rings. The highest BCUT2D eigenvalue weighted by Gasteiger charge is 2.14. The van der Waals surface area contributed by atoms with Crippen molar-refractivity contribution >= 4 is 23.7 Å². The van der Waals surface area contributed by atoms with Crippen molar-refractivity contribution < 1.29 is 4.42 Å². The first-order chi connectivity index (χ1) is 7.72. The van der Waals surface area contributed by atoms with Crippen molar-refractivity contribution in [2.75, 3.05) is 19.8 Å². The first-order valence-corrected chi connectivity index (χ1v) is 5.96. The zero-order valence-corrected chi connectivity index (χ0v) is 10.4. The molecule has 16 heavy (non-hydrogen) atoms. The van der Waals surface area contributed by atoms with Gasteiger partial charge in [0.05, 0.1) is 0 Å². The number of rotatable bonds is 4. The van der Waals surface area contributed by atoms with Gasteiger partial charge in [0.15, 0.2) is 12.0 Å². The van der Waals surface area contributed by atoms with Crippen LogP contribution in [0, 0.1) is 0 Å². The smallest absolute Gasteiger partial charge is 0.181 e. The van der Waals surface area contributed by atoms with Gasteiger partial charge in [-0.3, -0.25) is 0 Å². The summed E-state index contributed by atoms with van der Waals surface area (Å²) in [5, 5.41) is 0. The molecule has 2 rings (SSSR count). The van der Waals surface area contributed by atoms with Crippen LogP contribution >= 0.6 is 12.6 Å². The van der Waals surface area contributed by atoms with Gasteiger partial charge in [-0.1, -0.05) is 6.07 Å². The number of aromatic nitrogens is 1. The summed E-state index contributed by atoms with van der Waals surface area (Å²) in [6.45, 7) is 0. The third-order valence-electron chi connectivity index (χ3n) is 2.77. The van der Waals surface area contributed by atoms with Gasteiger partial charge in [-0.25, -0.2) is 4.98 Å².